The first-order valence-corrected chi connectivity index (χ1v) is 13.6. The Morgan fingerprint density at radius 2 is 1.60 bits per heavy atom. The number of benzene rings is 1. The molecule has 0 heterocycles. The summed E-state index contributed by atoms with van der Waals surface area (Å²) in [5.74, 6) is 8.91. The fourth-order valence-corrected chi connectivity index (χ4v) is 8.79. The molecule has 35 heavy (non-hydrogen) atoms. The maximum absolute atomic E-state index is 12.1. The number of hydrogen-bond donors (Lipinski definition) is 0. The first-order valence-electron chi connectivity index (χ1n) is 13.6. The zero-order valence-electron chi connectivity index (χ0n) is 21.8. The molecule has 0 saturated heterocycles. The molecular weight excluding hydrogens is 436 g/mol. The topological polar surface area (TPSA) is 52.6 Å². The minimum atomic E-state index is -0.685. The minimum Gasteiger partial charge on any atom is -0.462 e. The normalized spacial score (nSPS) is 41.9. The average Bonchev–Trinajstić information content (AvgIpc) is 3.14. The minimum absolute atomic E-state index is 0.0766. The van der Waals surface area contributed by atoms with E-state index in [1.165, 1.54) is 32.6 Å². The quantitative estimate of drug-likeness (QED) is 0.370. The number of fused-ring (bicyclic) bond motifs is 5. The molecule has 0 radical (unpaired) electrons. The van der Waals surface area contributed by atoms with Crippen LogP contribution in [0, 0.1) is 46.3 Å². The number of hydrogen-bond acceptors (Lipinski definition) is 4. The van der Waals surface area contributed by atoms with Crippen molar-refractivity contribution in [3.63, 3.8) is 0 Å². The smallest absolute Gasteiger partial charge is 0.304 e. The predicted octanol–water partition coefficient (Wildman–Crippen LogP) is 6.31. The van der Waals surface area contributed by atoms with Crippen LogP contribution < -0.4 is 0 Å². The van der Waals surface area contributed by atoms with Crippen LogP contribution in [0.2, 0.25) is 0 Å². The molecule has 0 amide bonds. The fraction of sp³-hybridized carbons (Fsp3) is 0.677. The van der Waals surface area contributed by atoms with Crippen LogP contribution in [0.25, 0.3) is 0 Å². The van der Waals surface area contributed by atoms with Crippen LogP contribution in [0.1, 0.15) is 91.0 Å². The van der Waals surface area contributed by atoms with E-state index in [2.05, 4.69) is 25.7 Å². The fourth-order valence-electron chi connectivity index (χ4n) is 8.79. The van der Waals surface area contributed by atoms with Gasteiger partial charge in [0.2, 0.25) is 0 Å². The van der Waals surface area contributed by atoms with E-state index in [4.69, 9.17) is 9.47 Å². The molecule has 4 nitrogen and oxygen atoms in total. The van der Waals surface area contributed by atoms with E-state index in [0.717, 1.165) is 37.7 Å². The van der Waals surface area contributed by atoms with Crippen molar-refractivity contribution in [3.05, 3.63) is 35.9 Å². The third-order valence-electron chi connectivity index (χ3n) is 10.5. The van der Waals surface area contributed by atoms with Crippen molar-refractivity contribution in [2.24, 2.45) is 34.5 Å². The van der Waals surface area contributed by atoms with E-state index < -0.39 is 5.60 Å². The summed E-state index contributed by atoms with van der Waals surface area (Å²) in [7, 11) is 0. The van der Waals surface area contributed by atoms with Crippen LogP contribution in [0.5, 0.6) is 0 Å². The summed E-state index contributed by atoms with van der Waals surface area (Å²) in [6, 6.07) is 10.00. The van der Waals surface area contributed by atoms with Gasteiger partial charge in [0.05, 0.1) is 0 Å². The van der Waals surface area contributed by atoms with Gasteiger partial charge in [-0.2, -0.15) is 0 Å². The van der Waals surface area contributed by atoms with Gasteiger partial charge in [0.1, 0.15) is 6.10 Å². The van der Waals surface area contributed by atoms with Crippen molar-refractivity contribution >= 4 is 11.9 Å². The van der Waals surface area contributed by atoms with E-state index in [0.29, 0.717) is 23.7 Å². The summed E-state index contributed by atoms with van der Waals surface area (Å²) < 4.78 is 11.8. The SMILES string of the molecule is CC(=O)O[C@H]1CC[C@H]2[C@H]3CC[C@H]4C[C@](C#Cc5ccccc5)(OC(C)=O)CC[C@]4(C)[C@H]3CC[C@]12C. The Kier molecular flexibility index (Phi) is 6.27. The van der Waals surface area contributed by atoms with Crippen molar-refractivity contribution in [3.8, 4) is 11.8 Å². The van der Waals surface area contributed by atoms with Gasteiger partial charge < -0.3 is 9.47 Å². The van der Waals surface area contributed by atoms with E-state index in [1.54, 1.807) is 6.92 Å². The van der Waals surface area contributed by atoms with Gasteiger partial charge in [-0.15, -0.1) is 0 Å². The molecule has 0 N–H and O–H groups in total. The molecule has 0 spiro atoms. The zero-order valence-corrected chi connectivity index (χ0v) is 21.8. The van der Waals surface area contributed by atoms with Crippen molar-refractivity contribution in [1.29, 1.82) is 0 Å². The van der Waals surface area contributed by atoms with Crippen molar-refractivity contribution in [2.75, 3.05) is 0 Å². The van der Waals surface area contributed by atoms with Gasteiger partial charge in [0, 0.05) is 31.2 Å². The Balaban J connectivity index is 1.38. The molecule has 4 heteroatoms. The molecular formula is C31H40O4. The van der Waals surface area contributed by atoms with Gasteiger partial charge in [0.25, 0.3) is 0 Å². The monoisotopic (exact) mass is 476 g/mol. The van der Waals surface area contributed by atoms with Gasteiger partial charge in [-0.25, -0.2) is 0 Å². The molecule has 0 aromatic heterocycles. The van der Waals surface area contributed by atoms with E-state index >= 15 is 0 Å². The summed E-state index contributed by atoms with van der Waals surface area (Å²) in [6.07, 6.45) is 9.69. The number of carbonyl (C=O) groups excluding carboxylic acids is 2. The van der Waals surface area contributed by atoms with Gasteiger partial charge >= 0.3 is 11.9 Å². The Bertz CT molecular complexity index is 1040. The third-order valence-corrected chi connectivity index (χ3v) is 10.5. The Labute approximate surface area is 210 Å². The zero-order chi connectivity index (χ0) is 24.8. The summed E-state index contributed by atoms with van der Waals surface area (Å²) in [4.78, 5) is 23.9. The second kappa shape index (κ2) is 8.99. The molecule has 188 valence electrons. The Morgan fingerprint density at radius 1 is 0.857 bits per heavy atom. The molecule has 4 saturated carbocycles. The van der Waals surface area contributed by atoms with Crippen LogP contribution >= 0.6 is 0 Å². The van der Waals surface area contributed by atoms with Crippen LogP contribution in [-0.2, 0) is 19.1 Å². The highest BCUT2D eigenvalue weighted by atomic mass is 16.6. The highest BCUT2D eigenvalue weighted by Gasteiger charge is 2.62. The predicted molar refractivity (Wildman–Crippen MR) is 135 cm³/mol. The van der Waals surface area contributed by atoms with E-state index in [-0.39, 0.29) is 28.9 Å². The van der Waals surface area contributed by atoms with E-state index in [1.807, 2.05) is 30.3 Å². The third kappa shape index (κ3) is 4.30. The molecule has 4 fully saturated rings. The largest absolute Gasteiger partial charge is 0.462 e. The highest BCUT2D eigenvalue weighted by Crippen LogP contribution is 2.67. The number of carbonyl (C=O) groups is 2. The molecule has 5 rings (SSSR count). The van der Waals surface area contributed by atoms with E-state index in [9.17, 15) is 9.59 Å². The molecule has 4 aliphatic carbocycles. The number of esters is 2. The van der Waals surface area contributed by atoms with Crippen LogP contribution in [0.3, 0.4) is 0 Å². The van der Waals surface area contributed by atoms with Crippen molar-refractivity contribution in [1.82, 2.24) is 0 Å². The number of ether oxygens (including phenoxy) is 2. The Hall–Kier alpha value is -2.28. The van der Waals surface area contributed by atoms with Gasteiger partial charge in [-0.05, 0) is 98.5 Å². The van der Waals surface area contributed by atoms with Gasteiger partial charge in [-0.1, -0.05) is 38.0 Å². The molecule has 0 aliphatic heterocycles. The maximum atomic E-state index is 12.1. The lowest BCUT2D eigenvalue weighted by atomic mass is 9.44. The lowest BCUT2D eigenvalue weighted by Gasteiger charge is -2.61. The highest BCUT2D eigenvalue weighted by molar-refractivity contribution is 5.67. The average molecular weight is 477 g/mol. The summed E-state index contributed by atoms with van der Waals surface area (Å²) in [6.45, 7) is 7.96. The molecule has 8 atom stereocenters. The summed E-state index contributed by atoms with van der Waals surface area (Å²) in [5.41, 5.74) is 0.649. The molecule has 4 aliphatic rings. The van der Waals surface area contributed by atoms with Gasteiger partial charge in [0.15, 0.2) is 5.60 Å². The first kappa shape index (κ1) is 24.4. The molecule has 0 unspecified atom stereocenters. The first-order chi connectivity index (χ1) is 16.7. The summed E-state index contributed by atoms with van der Waals surface area (Å²) >= 11 is 0. The standard InChI is InChI=1S/C31H40O4/c1-21(32)34-28-13-12-26-25-11-10-24-20-31(35-22(2)33,17-14-23-8-6-5-7-9-23)19-18-29(24,3)27(25)15-16-30(26,28)4/h5-9,24-28H,10-13,15-16,18-20H2,1-4H3/t24-,25+,26-,27-,28-,29-,30-,31+/m0/s1. The van der Waals surface area contributed by atoms with Crippen molar-refractivity contribution in [2.45, 2.75) is 97.2 Å². The molecule has 1 aromatic carbocycles. The lowest BCUT2D eigenvalue weighted by molar-refractivity contribution is -0.175. The van der Waals surface area contributed by atoms with Crippen LogP contribution in [0.15, 0.2) is 30.3 Å². The number of rotatable bonds is 2. The molecule has 0 bridgehead atoms. The van der Waals surface area contributed by atoms with Crippen LogP contribution in [-0.4, -0.2) is 23.6 Å². The van der Waals surface area contributed by atoms with Crippen molar-refractivity contribution < 1.29 is 19.1 Å². The lowest BCUT2D eigenvalue weighted by Crippen LogP contribution is -2.56. The van der Waals surface area contributed by atoms with Gasteiger partial charge in [-0.3, -0.25) is 9.59 Å². The summed E-state index contributed by atoms with van der Waals surface area (Å²) in [5, 5.41) is 0. The van der Waals surface area contributed by atoms with Crippen LogP contribution in [0.4, 0.5) is 0 Å². The molecule has 1 aromatic rings. The Morgan fingerprint density at radius 3 is 2.31 bits per heavy atom. The maximum Gasteiger partial charge on any atom is 0.304 e. The second-order valence-corrected chi connectivity index (χ2v) is 12.3. The second-order valence-electron chi connectivity index (χ2n) is 12.3.